The average molecular weight is 600 g/mol. The molecule has 2 atom stereocenters. The van der Waals surface area contributed by atoms with E-state index in [-0.39, 0.29) is 34.1 Å². The van der Waals surface area contributed by atoms with Crippen LogP contribution in [0.15, 0.2) is 74.8 Å². The van der Waals surface area contributed by atoms with Crippen molar-refractivity contribution in [2.24, 2.45) is 11.8 Å². The molecule has 2 aliphatic rings. The van der Waals surface area contributed by atoms with Crippen molar-refractivity contribution in [3.63, 3.8) is 0 Å². The summed E-state index contributed by atoms with van der Waals surface area (Å²) in [4.78, 5) is 27.6. The zero-order valence-electron chi connectivity index (χ0n) is 21.4. The van der Waals surface area contributed by atoms with Crippen LogP contribution < -0.4 is 20.5 Å². The molecule has 2 bridgehead atoms. The van der Waals surface area contributed by atoms with E-state index in [0.717, 1.165) is 16.6 Å². The number of hydrogen-bond acceptors (Lipinski definition) is 5. The van der Waals surface area contributed by atoms with Crippen molar-refractivity contribution in [3.8, 4) is 0 Å². The molecule has 0 radical (unpaired) electrons. The van der Waals surface area contributed by atoms with E-state index in [1.165, 1.54) is 12.1 Å². The Morgan fingerprint density at radius 3 is 2.55 bits per heavy atom. The summed E-state index contributed by atoms with van der Waals surface area (Å²) in [5, 5.41) is 2.91. The summed E-state index contributed by atoms with van der Waals surface area (Å²) in [5.41, 5.74) is 2.49. The Balaban J connectivity index is 1.50. The Morgan fingerprint density at radius 1 is 1.05 bits per heavy atom. The number of sulfonamides is 1. The van der Waals surface area contributed by atoms with Gasteiger partial charge in [-0.2, -0.15) is 0 Å². The lowest BCUT2D eigenvalue weighted by molar-refractivity contribution is 0.0949. The predicted octanol–water partition coefficient (Wildman–Crippen LogP) is 4.42. The molecule has 200 valence electrons. The summed E-state index contributed by atoms with van der Waals surface area (Å²) in [5.74, 6) is 0.447. The molecule has 0 aliphatic carbocycles. The minimum Gasteiger partial charge on any atom is -0.369 e. The lowest BCUT2D eigenvalue weighted by Crippen LogP contribution is -2.47. The van der Waals surface area contributed by atoms with Crippen LogP contribution in [0.4, 0.5) is 11.4 Å². The Morgan fingerprint density at radius 2 is 1.82 bits per heavy atom. The minimum atomic E-state index is -3.91. The third kappa shape index (κ3) is 5.51. The molecule has 8 nitrogen and oxygen atoms in total. The van der Waals surface area contributed by atoms with Crippen molar-refractivity contribution in [1.29, 1.82) is 0 Å². The van der Waals surface area contributed by atoms with Gasteiger partial charge in [-0.15, -0.1) is 0 Å². The summed E-state index contributed by atoms with van der Waals surface area (Å²) in [6.07, 6.45) is 0.982. The number of rotatable bonds is 7. The van der Waals surface area contributed by atoms with Crippen LogP contribution in [-0.2, 0) is 16.6 Å². The van der Waals surface area contributed by atoms with Gasteiger partial charge in [-0.3, -0.25) is 14.3 Å². The van der Waals surface area contributed by atoms with Crippen LogP contribution in [-0.4, -0.2) is 38.5 Å². The molecule has 0 spiro atoms. The van der Waals surface area contributed by atoms with Crippen molar-refractivity contribution >= 4 is 43.2 Å². The van der Waals surface area contributed by atoms with E-state index in [1.54, 1.807) is 36.4 Å². The predicted molar refractivity (Wildman–Crippen MR) is 152 cm³/mol. The fraction of sp³-hybridized carbons (Fsp3) is 0.357. The van der Waals surface area contributed by atoms with E-state index in [9.17, 15) is 18.0 Å². The number of anilines is 2. The number of carbonyl (C=O) groups excluding carboxylic acids is 1. The van der Waals surface area contributed by atoms with Gasteiger partial charge in [0, 0.05) is 53.9 Å². The number of carbonyl (C=O) groups is 1. The smallest absolute Gasteiger partial charge is 0.261 e. The van der Waals surface area contributed by atoms with Crippen molar-refractivity contribution in [2.45, 2.75) is 37.6 Å². The van der Waals surface area contributed by atoms with Gasteiger partial charge >= 0.3 is 0 Å². The number of amides is 1. The van der Waals surface area contributed by atoms with E-state index in [1.807, 2.05) is 30.5 Å². The molecule has 1 amide bonds. The second kappa shape index (κ2) is 10.6. The molecular weight excluding hydrogens is 568 g/mol. The van der Waals surface area contributed by atoms with Gasteiger partial charge in [-0.05, 0) is 66.8 Å². The maximum absolute atomic E-state index is 13.4. The Kier molecular flexibility index (Phi) is 7.37. The van der Waals surface area contributed by atoms with Crippen LogP contribution in [0, 0.1) is 11.8 Å². The van der Waals surface area contributed by atoms with Crippen molar-refractivity contribution in [1.82, 2.24) is 9.88 Å². The first-order chi connectivity index (χ1) is 18.1. The molecule has 10 heteroatoms. The molecule has 0 saturated carbocycles. The Hall–Kier alpha value is -3.11. The number of hydrogen-bond donors (Lipinski definition) is 2. The average Bonchev–Trinajstić information content (AvgIpc) is 2.88. The lowest BCUT2D eigenvalue weighted by Gasteiger charge is -2.44. The van der Waals surface area contributed by atoms with Gasteiger partial charge in [-0.1, -0.05) is 35.8 Å². The maximum atomic E-state index is 13.4. The number of benzene rings is 2. The highest BCUT2D eigenvalue weighted by molar-refractivity contribution is 9.10. The van der Waals surface area contributed by atoms with Crippen LogP contribution in [0.5, 0.6) is 0 Å². The van der Waals surface area contributed by atoms with Crippen molar-refractivity contribution in [2.75, 3.05) is 29.3 Å². The van der Waals surface area contributed by atoms with E-state index in [4.69, 9.17) is 0 Å². The summed E-state index contributed by atoms with van der Waals surface area (Å²) in [7, 11) is -3.91. The van der Waals surface area contributed by atoms with Crippen LogP contribution in [0.2, 0.25) is 0 Å². The summed E-state index contributed by atoms with van der Waals surface area (Å²) >= 11 is 3.34. The standard InChI is InChI=1S/C28H31BrN4O4S/c1-18(2)14-30-28(35)20-6-11-26(24(13-20)31-38(36,37)23-9-7-22(29)8-10-23)32-15-19-12-21(17-32)25-4-3-5-27(34)33(25)16-19/h3-11,13,18-19,21,31H,12,14-17H2,1-2H3,(H,30,35). The molecule has 2 aromatic carbocycles. The monoisotopic (exact) mass is 598 g/mol. The molecule has 2 N–H and O–H groups in total. The molecule has 38 heavy (non-hydrogen) atoms. The fourth-order valence-electron chi connectivity index (χ4n) is 5.34. The van der Waals surface area contributed by atoms with Gasteiger partial charge in [0.25, 0.3) is 21.5 Å². The van der Waals surface area contributed by atoms with Gasteiger partial charge in [0.2, 0.25) is 0 Å². The number of pyridine rings is 1. The normalized spacial score (nSPS) is 18.7. The van der Waals surface area contributed by atoms with Crippen LogP contribution in [0.1, 0.15) is 42.2 Å². The zero-order valence-corrected chi connectivity index (χ0v) is 23.8. The number of nitrogens with one attached hydrogen (secondary N) is 2. The van der Waals surface area contributed by atoms with Gasteiger partial charge in [0.1, 0.15) is 0 Å². The van der Waals surface area contributed by atoms with E-state index < -0.39 is 10.0 Å². The number of aromatic nitrogens is 1. The summed E-state index contributed by atoms with van der Waals surface area (Å²) in [6, 6.07) is 17.0. The van der Waals surface area contributed by atoms with Gasteiger partial charge in [0.05, 0.1) is 16.3 Å². The second-order valence-electron chi connectivity index (χ2n) is 10.5. The molecule has 1 fully saturated rings. The van der Waals surface area contributed by atoms with Gasteiger partial charge in [-0.25, -0.2) is 8.42 Å². The largest absolute Gasteiger partial charge is 0.369 e. The van der Waals surface area contributed by atoms with Crippen LogP contribution in [0.3, 0.4) is 0 Å². The fourth-order valence-corrected chi connectivity index (χ4v) is 6.67. The van der Waals surface area contributed by atoms with Crippen molar-refractivity contribution < 1.29 is 13.2 Å². The van der Waals surface area contributed by atoms with E-state index in [2.05, 4.69) is 30.9 Å². The molecule has 5 rings (SSSR count). The van der Waals surface area contributed by atoms with Crippen molar-refractivity contribution in [3.05, 3.63) is 86.7 Å². The molecule has 3 heterocycles. The van der Waals surface area contributed by atoms with E-state index >= 15 is 0 Å². The first kappa shape index (κ1) is 26.5. The highest BCUT2D eigenvalue weighted by Gasteiger charge is 2.35. The Labute approximate surface area is 231 Å². The van der Waals surface area contributed by atoms with Crippen LogP contribution in [0.25, 0.3) is 0 Å². The number of fused-ring (bicyclic) bond motifs is 4. The first-order valence-corrected chi connectivity index (χ1v) is 15.0. The molecule has 2 aliphatic heterocycles. The zero-order chi connectivity index (χ0) is 27.0. The third-order valence-corrected chi connectivity index (χ3v) is 9.03. The van der Waals surface area contributed by atoms with Crippen LogP contribution >= 0.6 is 15.9 Å². The number of nitrogens with zero attached hydrogens (tertiary/aromatic N) is 2. The minimum absolute atomic E-state index is 0.0189. The first-order valence-electron chi connectivity index (χ1n) is 12.8. The molecular formula is C28H31BrN4O4S. The number of piperidine rings is 1. The maximum Gasteiger partial charge on any atom is 0.261 e. The molecule has 1 aromatic heterocycles. The SMILES string of the molecule is CC(C)CNC(=O)c1ccc(N2CC3CC(C2)c2cccc(=O)n2C3)c(NS(=O)(=O)c2ccc(Br)cc2)c1. The third-order valence-electron chi connectivity index (χ3n) is 7.12. The van der Waals surface area contributed by atoms with Gasteiger partial charge < -0.3 is 14.8 Å². The second-order valence-corrected chi connectivity index (χ2v) is 13.1. The molecule has 3 aromatic rings. The summed E-state index contributed by atoms with van der Waals surface area (Å²) in [6.45, 7) is 6.52. The van der Waals surface area contributed by atoms with Gasteiger partial charge in [0.15, 0.2) is 0 Å². The molecule has 2 unspecified atom stereocenters. The topological polar surface area (TPSA) is 101 Å². The highest BCUT2D eigenvalue weighted by Crippen LogP contribution is 2.39. The Bertz CT molecular complexity index is 1520. The highest BCUT2D eigenvalue weighted by atomic mass is 79.9. The van der Waals surface area contributed by atoms with E-state index in [0.29, 0.717) is 43.1 Å². The summed E-state index contributed by atoms with van der Waals surface area (Å²) < 4.78 is 32.1. The molecule has 1 saturated heterocycles. The number of halogens is 1. The quantitative estimate of drug-likeness (QED) is 0.419. The lowest BCUT2D eigenvalue weighted by atomic mass is 9.83.